The Balaban J connectivity index is 1.84. The van der Waals surface area contributed by atoms with Crippen LogP contribution in [0.4, 0.5) is 10.5 Å². The standard InChI is InChI=1S/C32H43N3O3S/c1-6-38-19-12-18-34(32(37)33-31-28(24(2)3)16-10-17-29(31)25(4)5)23-30(36)35(22-27-15-11-20-39-27)21-26-13-8-7-9-14-26/h7-11,13-17,20,24-25H,6,12,18-19,21-23H2,1-5H3,(H,33,37). The van der Waals surface area contributed by atoms with E-state index in [0.29, 0.717) is 39.3 Å². The lowest BCUT2D eigenvalue weighted by Crippen LogP contribution is -2.45. The zero-order chi connectivity index (χ0) is 28.2. The number of ether oxygens (including phenoxy) is 1. The van der Waals surface area contributed by atoms with E-state index < -0.39 is 0 Å². The van der Waals surface area contributed by atoms with Crippen molar-refractivity contribution in [2.24, 2.45) is 0 Å². The zero-order valence-corrected chi connectivity index (χ0v) is 24.8. The molecule has 3 aromatic rings. The Morgan fingerprint density at radius 3 is 2.15 bits per heavy atom. The summed E-state index contributed by atoms with van der Waals surface area (Å²) >= 11 is 1.63. The minimum absolute atomic E-state index is 0.00295. The average molecular weight is 550 g/mol. The number of benzene rings is 2. The van der Waals surface area contributed by atoms with E-state index in [2.05, 4.69) is 51.2 Å². The van der Waals surface area contributed by atoms with E-state index in [1.165, 1.54) is 0 Å². The number of thiophene rings is 1. The van der Waals surface area contributed by atoms with Crippen molar-refractivity contribution in [1.82, 2.24) is 9.80 Å². The van der Waals surface area contributed by atoms with Crippen LogP contribution in [0.1, 0.15) is 74.4 Å². The third-order valence-corrected chi connectivity index (χ3v) is 7.50. The molecule has 6 nitrogen and oxygen atoms in total. The predicted molar refractivity (Wildman–Crippen MR) is 161 cm³/mol. The molecule has 0 fully saturated rings. The Morgan fingerprint density at radius 2 is 1.56 bits per heavy atom. The smallest absolute Gasteiger partial charge is 0.322 e. The molecule has 1 N–H and O–H groups in total. The van der Waals surface area contributed by atoms with Crippen LogP contribution >= 0.6 is 11.3 Å². The first-order chi connectivity index (χ1) is 18.8. The maximum atomic E-state index is 13.8. The highest BCUT2D eigenvalue weighted by Crippen LogP contribution is 2.32. The fourth-order valence-corrected chi connectivity index (χ4v) is 5.25. The second-order valence-corrected chi connectivity index (χ2v) is 11.4. The van der Waals surface area contributed by atoms with Crippen LogP contribution in [0, 0.1) is 0 Å². The van der Waals surface area contributed by atoms with E-state index in [0.717, 1.165) is 27.3 Å². The monoisotopic (exact) mass is 549 g/mol. The van der Waals surface area contributed by atoms with Gasteiger partial charge in [-0.25, -0.2) is 4.79 Å². The van der Waals surface area contributed by atoms with Gasteiger partial charge in [0.1, 0.15) is 6.54 Å². The maximum absolute atomic E-state index is 13.8. The first-order valence-electron chi connectivity index (χ1n) is 13.9. The highest BCUT2D eigenvalue weighted by atomic mass is 32.1. The summed E-state index contributed by atoms with van der Waals surface area (Å²) in [5.74, 6) is 0.415. The molecule has 0 unspecified atom stereocenters. The first-order valence-corrected chi connectivity index (χ1v) is 14.8. The Bertz CT molecular complexity index is 1140. The summed E-state index contributed by atoms with van der Waals surface area (Å²) in [5.41, 5.74) is 4.11. The molecular weight excluding hydrogens is 506 g/mol. The van der Waals surface area contributed by atoms with Crippen LogP contribution in [0.3, 0.4) is 0 Å². The fraction of sp³-hybridized carbons (Fsp3) is 0.438. The van der Waals surface area contributed by atoms with Gasteiger partial charge >= 0.3 is 6.03 Å². The molecule has 0 aliphatic rings. The van der Waals surface area contributed by atoms with Gasteiger partial charge in [-0.1, -0.05) is 82.3 Å². The number of carbonyl (C=O) groups excluding carboxylic acids is 2. The molecule has 0 radical (unpaired) electrons. The lowest BCUT2D eigenvalue weighted by Gasteiger charge is -2.29. The van der Waals surface area contributed by atoms with Crippen molar-refractivity contribution in [3.8, 4) is 0 Å². The lowest BCUT2D eigenvalue weighted by molar-refractivity contribution is -0.133. The SMILES string of the molecule is CCOCCCN(CC(=O)N(Cc1ccccc1)Cc1cccs1)C(=O)Nc1c(C(C)C)cccc1C(C)C. The maximum Gasteiger partial charge on any atom is 0.322 e. The van der Waals surface area contributed by atoms with Crippen LogP contribution in [-0.4, -0.2) is 48.0 Å². The Labute approximate surface area is 238 Å². The number of rotatable bonds is 14. The molecule has 0 bridgehead atoms. The van der Waals surface area contributed by atoms with Crippen LogP contribution in [0.5, 0.6) is 0 Å². The number of para-hydroxylation sites is 1. The summed E-state index contributed by atoms with van der Waals surface area (Å²) < 4.78 is 5.53. The number of hydrogen-bond donors (Lipinski definition) is 1. The number of amides is 3. The van der Waals surface area contributed by atoms with Crippen molar-refractivity contribution >= 4 is 29.0 Å². The van der Waals surface area contributed by atoms with Crippen molar-refractivity contribution in [1.29, 1.82) is 0 Å². The van der Waals surface area contributed by atoms with E-state index in [9.17, 15) is 9.59 Å². The number of carbonyl (C=O) groups is 2. The molecule has 0 saturated carbocycles. The number of hydrogen-bond acceptors (Lipinski definition) is 4. The van der Waals surface area contributed by atoms with Gasteiger partial charge in [-0.05, 0) is 53.3 Å². The summed E-state index contributed by atoms with van der Waals surface area (Å²) in [5, 5.41) is 5.22. The van der Waals surface area contributed by atoms with Crippen LogP contribution in [0.2, 0.25) is 0 Å². The van der Waals surface area contributed by atoms with Crippen molar-refractivity contribution in [2.45, 2.75) is 66.0 Å². The zero-order valence-electron chi connectivity index (χ0n) is 24.0. The molecule has 2 aromatic carbocycles. The molecule has 0 spiro atoms. The van der Waals surface area contributed by atoms with Crippen molar-refractivity contribution < 1.29 is 14.3 Å². The Morgan fingerprint density at radius 1 is 0.872 bits per heavy atom. The summed E-state index contributed by atoms with van der Waals surface area (Å²) in [6, 6.07) is 20.0. The van der Waals surface area contributed by atoms with Crippen LogP contribution in [0.15, 0.2) is 66.0 Å². The largest absolute Gasteiger partial charge is 0.382 e. The van der Waals surface area contributed by atoms with Gasteiger partial charge in [0.05, 0.1) is 6.54 Å². The minimum Gasteiger partial charge on any atom is -0.382 e. The van der Waals surface area contributed by atoms with Crippen LogP contribution < -0.4 is 5.32 Å². The third kappa shape index (κ3) is 9.22. The number of anilines is 1. The van der Waals surface area contributed by atoms with Gasteiger partial charge < -0.3 is 19.9 Å². The fourth-order valence-electron chi connectivity index (χ4n) is 4.53. The quantitative estimate of drug-likeness (QED) is 0.212. The highest BCUT2D eigenvalue weighted by Gasteiger charge is 2.24. The summed E-state index contributed by atoms with van der Waals surface area (Å²) in [4.78, 5) is 32.1. The third-order valence-electron chi connectivity index (χ3n) is 6.63. The van der Waals surface area contributed by atoms with Crippen molar-refractivity contribution in [3.63, 3.8) is 0 Å². The molecule has 0 saturated heterocycles. The van der Waals surface area contributed by atoms with E-state index >= 15 is 0 Å². The van der Waals surface area contributed by atoms with Gasteiger partial charge in [0.2, 0.25) is 5.91 Å². The molecule has 0 aliphatic heterocycles. The van der Waals surface area contributed by atoms with Gasteiger partial charge in [-0.15, -0.1) is 11.3 Å². The molecule has 210 valence electrons. The molecule has 3 rings (SSSR count). The molecule has 0 aliphatic carbocycles. The van der Waals surface area contributed by atoms with E-state index in [1.54, 1.807) is 16.2 Å². The molecule has 39 heavy (non-hydrogen) atoms. The molecular formula is C32H43N3O3S. The number of nitrogens with one attached hydrogen (secondary N) is 1. The van der Waals surface area contributed by atoms with Gasteiger partial charge in [0.25, 0.3) is 0 Å². The summed E-state index contributed by atoms with van der Waals surface area (Å²) in [6.07, 6.45) is 0.654. The molecule has 7 heteroatoms. The second kappa shape index (κ2) is 15.4. The number of nitrogens with zero attached hydrogens (tertiary/aromatic N) is 2. The highest BCUT2D eigenvalue weighted by molar-refractivity contribution is 7.09. The molecule has 0 atom stereocenters. The number of urea groups is 1. The van der Waals surface area contributed by atoms with Gasteiger partial charge in [-0.3, -0.25) is 4.79 Å². The Kier molecular flexibility index (Phi) is 12.0. The van der Waals surface area contributed by atoms with Gasteiger partial charge in [0, 0.05) is 36.9 Å². The predicted octanol–water partition coefficient (Wildman–Crippen LogP) is 7.48. The topological polar surface area (TPSA) is 61.9 Å². The van der Waals surface area contributed by atoms with Crippen molar-refractivity contribution in [3.05, 3.63) is 87.6 Å². The van der Waals surface area contributed by atoms with Crippen molar-refractivity contribution in [2.75, 3.05) is 31.6 Å². The van der Waals surface area contributed by atoms with E-state index in [1.807, 2.05) is 59.7 Å². The average Bonchev–Trinajstić information content (AvgIpc) is 3.43. The minimum atomic E-state index is -0.259. The molecule has 3 amide bonds. The summed E-state index contributed by atoms with van der Waals surface area (Å²) in [6.45, 7) is 13.1. The van der Waals surface area contributed by atoms with E-state index in [4.69, 9.17) is 4.74 Å². The van der Waals surface area contributed by atoms with E-state index in [-0.39, 0.29) is 30.3 Å². The normalized spacial score (nSPS) is 11.2. The molecule has 1 aromatic heterocycles. The second-order valence-electron chi connectivity index (χ2n) is 10.3. The Hall–Kier alpha value is -3.16. The summed E-state index contributed by atoms with van der Waals surface area (Å²) in [7, 11) is 0. The molecule has 1 heterocycles. The lowest BCUT2D eigenvalue weighted by atomic mass is 9.93. The van der Waals surface area contributed by atoms with Gasteiger partial charge in [0.15, 0.2) is 0 Å². The first kappa shape index (κ1) is 30.4. The van der Waals surface area contributed by atoms with Crippen LogP contribution in [0.25, 0.3) is 0 Å². The van der Waals surface area contributed by atoms with Gasteiger partial charge in [-0.2, -0.15) is 0 Å². The van der Waals surface area contributed by atoms with Crippen LogP contribution in [-0.2, 0) is 22.6 Å².